The van der Waals surface area contributed by atoms with Crippen LogP contribution < -0.4 is 5.32 Å². The SMILES string of the molecule is COCCNCC(Cc1cc(Br)cs1)c1cccc(Cl)c1. The Labute approximate surface area is 143 Å². The molecule has 5 heteroatoms. The number of methoxy groups -OCH3 is 1. The first-order chi connectivity index (χ1) is 10.2. The van der Waals surface area contributed by atoms with Crippen LogP contribution >= 0.6 is 38.9 Å². The van der Waals surface area contributed by atoms with Gasteiger partial charge in [0.2, 0.25) is 0 Å². The van der Waals surface area contributed by atoms with Gasteiger partial charge in [-0.15, -0.1) is 11.3 Å². The third kappa shape index (κ3) is 5.72. The second-order valence-corrected chi connectivity index (χ2v) is 7.23. The highest BCUT2D eigenvalue weighted by molar-refractivity contribution is 9.10. The highest BCUT2D eigenvalue weighted by Gasteiger charge is 2.14. The van der Waals surface area contributed by atoms with Crippen LogP contribution in [0.3, 0.4) is 0 Å². The van der Waals surface area contributed by atoms with Gasteiger partial charge >= 0.3 is 0 Å². The van der Waals surface area contributed by atoms with Crippen molar-refractivity contribution in [3.63, 3.8) is 0 Å². The van der Waals surface area contributed by atoms with Crippen LogP contribution in [0, 0.1) is 0 Å². The zero-order chi connectivity index (χ0) is 15.1. The van der Waals surface area contributed by atoms with Gasteiger partial charge in [-0.05, 0) is 46.1 Å². The zero-order valence-electron chi connectivity index (χ0n) is 11.9. The van der Waals surface area contributed by atoms with Gasteiger partial charge in [-0.25, -0.2) is 0 Å². The van der Waals surface area contributed by atoms with Crippen LogP contribution in [0.1, 0.15) is 16.4 Å². The van der Waals surface area contributed by atoms with E-state index in [1.807, 2.05) is 12.1 Å². The number of nitrogens with one attached hydrogen (secondary N) is 1. The van der Waals surface area contributed by atoms with Gasteiger partial charge in [0.25, 0.3) is 0 Å². The van der Waals surface area contributed by atoms with Gasteiger partial charge in [-0.1, -0.05) is 23.7 Å². The van der Waals surface area contributed by atoms with Crippen molar-refractivity contribution in [2.45, 2.75) is 12.3 Å². The number of benzene rings is 1. The van der Waals surface area contributed by atoms with Crippen LogP contribution in [-0.4, -0.2) is 26.8 Å². The van der Waals surface area contributed by atoms with Gasteiger partial charge in [0.05, 0.1) is 6.61 Å². The second kappa shape index (κ2) is 8.91. The van der Waals surface area contributed by atoms with Gasteiger partial charge in [-0.3, -0.25) is 0 Å². The summed E-state index contributed by atoms with van der Waals surface area (Å²) in [5, 5.41) is 6.38. The molecule has 1 aromatic carbocycles. The summed E-state index contributed by atoms with van der Waals surface area (Å²) in [6.45, 7) is 2.51. The lowest BCUT2D eigenvalue weighted by molar-refractivity contribution is 0.199. The quantitative estimate of drug-likeness (QED) is 0.660. The van der Waals surface area contributed by atoms with Crippen molar-refractivity contribution in [1.29, 1.82) is 0 Å². The van der Waals surface area contributed by atoms with Gasteiger partial charge in [0, 0.05) is 45.9 Å². The van der Waals surface area contributed by atoms with Crippen LogP contribution in [-0.2, 0) is 11.2 Å². The van der Waals surface area contributed by atoms with Crippen LogP contribution in [0.4, 0.5) is 0 Å². The molecule has 1 N–H and O–H groups in total. The number of hydrogen-bond acceptors (Lipinski definition) is 3. The van der Waals surface area contributed by atoms with Gasteiger partial charge in [-0.2, -0.15) is 0 Å². The van der Waals surface area contributed by atoms with E-state index in [-0.39, 0.29) is 0 Å². The summed E-state index contributed by atoms with van der Waals surface area (Å²) in [7, 11) is 1.72. The van der Waals surface area contributed by atoms with Crippen molar-refractivity contribution in [3.8, 4) is 0 Å². The first-order valence-corrected chi connectivity index (χ1v) is 8.92. The molecule has 0 aliphatic rings. The predicted octanol–water partition coefficient (Wildman–Crippen LogP) is 4.73. The molecule has 21 heavy (non-hydrogen) atoms. The second-order valence-electron chi connectivity index (χ2n) is 4.88. The van der Waals surface area contributed by atoms with E-state index in [1.165, 1.54) is 10.4 Å². The first kappa shape index (κ1) is 17.0. The Morgan fingerprint density at radius 1 is 1.38 bits per heavy atom. The molecule has 0 bridgehead atoms. The standard InChI is InChI=1S/C16H19BrClNOS/c1-20-6-5-19-10-13(8-16-9-14(17)11-21-16)12-3-2-4-15(18)7-12/h2-4,7,9,11,13,19H,5-6,8,10H2,1H3. The Hall–Kier alpha value is -0.390. The molecule has 0 radical (unpaired) electrons. The average Bonchev–Trinajstić information content (AvgIpc) is 2.87. The molecule has 1 unspecified atom stereocenters. The van der Waals surface area contributed by atoms with Crippen molar-refractivity contribution in [2.24, 2.45) is 0 Å². The van der Waals surface area contributed by atoms with E-state index in [0.29, 0.717) is 5.92 Å². The summed E-state index contributed by atoms with van der Waals surface area (Å²) in [5.74, 6) is 0.408. The van der Waals surface area contributed by atoms with Gasteiger partial charge in [0.1, 0.15) is 0 Å². The molecule has 0 spiro atoms. The van der Waals surface area contributed by atoms with Crippen LogP contribution in [0.2, 0.25) is 5.02 Å². The highest BCUT2D eigenvalue weighted by atomic mass is 79.9. The molecule has 0 saturated heterocycles. The number of rotatable bonds is 8. The van der Waals surface area contributed by atoms with Crippen LogP contribution in [0.15, 0.2) is 40.2 Å². The molecule has 0 aliphatic carbocycles. The molecule has 0 fully saturated rings. The number of ether oxygens (including phenoxy) is 1. The molecule has 0 saturated carbocycles. The van der Waals surface area contributed by atoms with E-state index in [1.54, 1.807) is 18.4 Å². The molecular weight excluding hydrogens is 370 g/mol. The smallest absolute Gasteiger partial charge is 0.0587 e. The van der Waals surface area contributed by atoms with E-state index < -0.39 is 0 Å². The molecule has 114 valence electrons. The molecule has 2 aromatic rings. The Bertz CT molecular complexity index is 561. The van der Waals surface area contributed by atoms with Crippen molar-refractivity contribution >= 4 is 38.9 Å². The lowest BCUT2D eigenvalue weighted by Gasteiger charge is -2.18. The summed E-state index contributed by atoms with van der Waals surface area (Å²) in [6.07, 6.45) is 1.01. The van der Waals surface area contributed by atoms with E-state index >= 15 is 0 Å². The Morgan fingerprint density at radius 3 is 2.90 bits per heavy atom. The highest BCUT2D eigenvalue weighted by Crippen LogP contribution is 2.27. The summed E-state index contributed by atoms with van der Waals surface area (Å²) in [5.41, 5.74) is 1.27. The van der Waals surface area contributed by atoms with E-state index in [9.17, 15) is 0 Å². The Morgan fingerprint density at radius 2 is 2.24 bits per heavy atom. The van der Waals surface area contributed by atoms with E-state index in [2.05, 4.69) is 44.8 Å². The minimum absolute atomic E-state index is 0.408. The average molecular weight is 389 g/mol. The monoisotopic (exact) mass is 387 g/mol. The molecule has 2 nitrogen and oxygen atoms in total. The fourth-order valence-corrected chi connectivity index (χ4v) is 3.95. The molecule has 2 rings (SSSR count). The van der Waals surface area contributed by atoms with Crippen molar-refractivity contribution in [1.82, 2.24) is 5.32 Å². The maximum Gasteiger partial charge on any atom is 0.0587 e. The Balaban J connectivity index is 2.06. The number of halogens is 2. The first-order valence-electron chi connectivity index (χ1n) is 6.87. The maximum absolute atomic E-state index is 6.13. The molecular formula is C16H19BrClNOS. The zero-order valence-corrected chi connectivity index (χ0v) is 15.1. The maximum atomic E-state index is 6.13. The third-order valence-electron chi connectivity index (χ3n) is 3.26. The lowest BCUT2D eigenvalue weighted by atomic mass is 9.95. The van der Waals surface area contributed by atoms with Crippen molar-refractivity contribution in [3.05, 3.63) is 55.6 Å². The summed E-state index contributed by atoms with van der Waals surface area (Å²) in [4.78, 5) is 1.38. The van der Waals surface area contributed by atoms with Gasteiger partial charge < -0.3 is 10.1 Å². The minimum atomic E-state index is 0.408. The topological polar surface area (TPSA) is 21.3 Å². The molecule has 0 amide bonds. The number of hydrogen-bond donors (Lipinski definition) is 1. The van der Waals surface area contributed by atoms with Crippen LogP contribution in [0.5, 0.6) is 0 Å². The van der Waals surface area contributed by atoms with Crippen LogP contribution in [0.25, 0.3) is 0 Å². The Kier molecular flexibility index (Phi) is 7.20. The fraction of sp³-hybridized carbons (Fsp3) is 0.375. The lowest BCUT2D eigenvalue weighted by Crippen LogP contribution is -2.26. The third-order valence-corrected chi connectivity index (χ3v) is 5.22. The molecule has 1 atom stereocenters. The minimum Gasteiger partial charge on any atom is -0.383 e. The summed E-state index contributed by atoms with van der Waals surface area (Å²) < 4.78 is 6.23. The fourth-order valence-electron chi connectivity index (χ4n) is 2.22. The normalized spacial score (nSPS) is 12.5. The predicted molar refractivity (Wildman–Crippen MR) is 94.7 cm³/mol. The van der Waals surface area contributed by atoms with E-state index in [0.717, 1.165) is 35.6 Å². The molecule has 1 aromatic heterocycles. The largest absolute Gasteiger partial charge is 0.383 e. The van der Waals surface area contributed by atoms with Crippen molar-refractivity contribution in [2.75, 3.05) is 26.8 Å². The number of thiophene rings is 1. The van der Waals surface area contributed by atoms with Gasteiger partial charge in [0.15, 0.2) is 0 Å². The molecule has 0 aliphatic heterocycles. The molecule has 1 heterocycles. The summed E-state index contributed by atoms with van der Waals surface area (Å²) >= 11 is 11.4. The van der Waals surface area contributed by atoms with E-state index in [4.69, 9.17) is 16.3 Å². The summed E-state index contributed by atoms with van der Waals surface area (Å²) in [6, 6.07) is 10.3. The van der Waals surface area contributed by atoms with Crippen molar-refractivity contribution < 1.29 is 4.74 Å².